The lowest BCUT2D eigenvalue weighted by molar-refractivity contribution is 0.0616. The highest BCUT2D eigenvalue weighted by atomic mass is 19.1. The first-order chi connectivity index (χ1) is 15.4. The Morgan fingerprint density at radius 3 is 2.50 bits per heavy atom. The highest BCUT2D eigenvalue weighted by Gasteiger charge is 2.41. The number of methoxy groups -OCH3 is 1. The van der Waals surface area contributed by atoms with Gasteiger partial charge in [-0.25, -0.2) is 4.39 Å². The fourth-order valence-corrected chi connectivity index (χ4v) is 4.23. The third-order valence-electron chi connectivity index (χ3n) is 6.54. The molecule has 6 nitrogen and oxygen atoms in total. The molecule has 1 aliphatic heterocycles. The molecule has 1 aliphatic rings. The first kappa shape index (κ1) is 22.1. The molecule has 0 aliphatic carbocycles. The highest BCUT2D eigenvalue weighted by Crippen LogP contribution is 2.38. The van der Waals surface area contributed by atoms with E-state index < -0.39 is 0 Å². The minimum absolute atomic E-state index is 0.0496. The average molecular weight is 438 g/mol. The van der Waals surface area contributed by atoms with Gasteiger partial charge in [-0.1, -0.05) is 11.2 Å². The van der Waals surface area contributed by atoms with Gasteiger partial charge in [0.05, 0.1) is 0 Å². The molecule has 168 valence electrons. The van der Waals surface area contributed by atoms with Crippen LogP contribution in [0.3, 0.4) is 0 Å². The molecule has 0 N–H and O–H groups in total. The normalized spacial score (nSPS) is 15.7. The standard InChI is InChI=1S/C25H28FN3O3/c1-17-4-5-20(16-18(17)2)23(30)29-13-10-25(11-14-29,12-15-31-3)24-27-22(32-28-24)19-6-8-21(26)9-7-19/h4-9,16H,10-15H2,1-3H3. The first-order valence-corrected chi connectivity index (χ1v) is 10.9. The van der Waals surface area contributed by atoms with Crippen molar-refractivity contribution >= 4 is 5.91 Å². The lowest BCUT2D eigenvalue weighted by Crippen LogP contribution is -2.46. The number of hydrogen-bond acceptors (Lipinski definition) is 5. The van der Waals surface area contributed by atoms with Gasteiger partial charge in [0, 0.05) is 43.3 Å². The lowest BCUT2D eigenvalue weighted by atomic mass is 9.75. The van der Waals surface area contributed by atoms with E-state index in [2.05, 4.69) is 10.1 Å². The van der Waals surface area contributed by atoms with Crippen LogP contribution in [0.4, 0.5) is 4.39 Å². The predicted molar refractivity (Wildman–Crippen MR) is 119 cm³/mol. The van der Waals surface area contributed by atoms with Gasteiger partial charge in [0.2, 0.25) is 0 Å². The number of benzene rings is 2. The summed E-state index contributed by atoms with van der Waals surface area (Å²) in [7, 11) is 1.67. The van der Waals surface area contributed by atoms with E-state index in [-0.39, 0.29) is 17.1 Å². The molecule has 2 heterocycles. The van der Waals surface area contributed by atoms with Crippen molar-refractivity contribution in [2.75, 3.05) is 26.8 Å². The number of hydrogen-bond donors (Lipinski definition) is 0. The van der Waals surface area contributed by atoms with Crippen molar-refractivity contribution in [2.24, 2.45) is 0 Å². The number of aryl methyl sites for hydroxylation is 2. The Morgan fingerprint density at radius 1 is 1.12 bits per heavy atom. The number of nitrogens with zero attached hydrogens (tertiary/aromatic N) is 3. The molecule has 7 heteroatoms. The number of piperidine rings is 1. The zero-order valence-corrected chi connectivity index (χ0v) is 18.7. The predicted octanol–water partition coefficient (Wildman–Crippen LogP) is 4.70. The molecule has 2 aromatic carbocycles. The Balaban J connectivity index is 1.53. The molecule has 0 unspecified atom stereocenters. The van der Waals surface area contributed by atoms with E-state index in [0.29, 0.717) is 37.0 Å². The SMILES string of the molecule is COCCC1(c2noc(-c3ccc(F)cc3)n2)CCN(C(=O)c2ccc(C)c(C)c2)CC1. The summed E-state index contributed by atoms with van der Waals surface area (Å²) >= 11 is 0. The molecule has 1 fully saturated rings. The molecule has 0 bridgehead atoms. The summed E-state index contributed by atoms with van der Waals surface area (Å²) in [6, 6.07) is 11.8. The third-order valence-corrected chi connectivity index (χ3v) is 6.54. The van der Waals surface area contributed by atoms with Crippen LogP contribution in [-0.2, 0) is 10.2 Å². The lowest BCUT2D eigenvalue weighted by Gasteiger charge is -2.39. The van der Waals surface area contributed by atoms with Crippen LogP contribution >= 0.6 is 0 Å². The van der Waals surface area contributed by atoms with Crippen LogP contribution < -0.4 is 0 Å². The van der Waals surface area contributed by atoms with Crippen molar-refractivity contribution in [3.8, 4) is 11.5 Å². The summed E-state index contributed by atoms with van der Waals surface area (Å²) in [5.41, 5.74) is 3.35. The van der Waals surface area contributed by atoms with Gasteiger partial charge in [-0.05, 0) is 80.6 Å². The van der Waals surface area contributed by atoms with Crippen LogP contribution in [0.5, 0.6) is 0 Å². The molecular formula is C25H28FN3O3. The fraction of sp³-hybridized carbons (Fsp3) is 0.400. The van der Waals surface area contributed by atoms with E-state index in [1.807, 2.05) is 36.9 Å². The Labute approximate surface area is 187 Å². The van der Waals surface area contributed by atoms with Crippen molar-refractivity contribution in [2.45, 2.75) is 38.5 Å². The number of rotatable bonds is 6. The van der Waals surface area contributed by atoms with Crippen LogP contribution in [0.25, 0.3) is 11.5 Å². The third kappa shape index (κ3) is 4.43. The second kappa shape index (κ2) is 9.20. The second-order valence-electron chi connectivity index (χ2n) is 8.54. The van der Waals surface area contributed by atoms with Crippen molar-refractivity contribution in [1.29, 1.82) is 0 Å². The summed E-state index contributed by atoms with van der Waals surface area (Å²) < 4.78 is 24.1. The number of aromatic nitrogens is 2. The van der Waals surface area contributed by atoms with Crippen LogP contribution in [0.2, 0.25) is 0 Å². The van der Waals surface area contributed by atoms with Crippen molar-refractivity contribution in [3.05, 3.63) is 70.8 Å². The van der Waals surface area contributed by atoms with Gasteiger partial charge in [-0.2, -0.15) is 4.98 Å². The molecule has 1 saturated heterocycles. The Hall–Kier alpha value is -3.06. The minimum Gasteiger partial charge on any atom is -0.385 e. The summed E-state index contributed by atoms with van der Waals surface area (Å²) in [4.78, 5) is 19.6. The number of carbonyl (C=O) groups excluding carboxylic acids is 1. The van der Waals surface area contributed by atoms with E-state index in [4.69, 9.17) is 9.26 Å². The first-order valence-electron chi connectivity index (χ1n) is 10.9. The van der Waals surface area contributed by atoms with Crippen LogP contribution in [-0.4, -0.2) is 47.8 Å². The molecule has 0 radical (unpaired) electrons. The fourth-order valence-electron chi connectivity index (χ4n) is 4.23. The van der Waals surface area contributed by atoms with Gasteiger partial charge in [0.1, 0.15) is 5.82 Å². The Morgan fingerprint density at radius 2 is 1.84 bits per heavy atom. The van der Waals surface area contributed by atoms with Gasteiger partial charge >= 0.3 is 0 Å². The van der Waals surface area contributed by atoms with Crippen molar-refractivity contribution in [3.63, 3.8) is 0 Å². The average Bonchev–Trinajstić information content (AvgIpc) is 3.31. The van der Waals surface area contributed by atoms with Gasteiger partial charge in [0.25, 0.3) is 11.8 Å². The van der Waals surface area contributed by atoms with Crippen molar-refractivity contribution in [1.82, 2.24) is 15.0 Å². The minimum atomic E-state index is -0.336. The maximum atomic E-state index is 13.3. The molecule has 0 saturated carbocycles. The van der Waals surface area contributed by atoms with Crippen molar-refractivity contribution < 1.29 is 18.4 Å². The van der Waals surface area contributed by atoms with E-state index in [0.717, 1.165) is 30.4 Å². The van der Waals surface area contributed by atoms with E-state index in [1.54, 1.807) is 19.2 Å². The second-order valence-corrected chi connectivity index (χ2v) is 8.54. The molecule has 1 amide bonds. The summed E-state index contributed by atoms with van der Waals surface area (Å²) in [5, 5.41) is 4.27. The maximum Gasteiger partial charge on any atom is 0.257 e. The number of amides is 1. The quantitative estimate of drug-likeness (QED) is 0.559. The maximum absolute atomic E-state index is 13.3. The zero-order chi connectivity index (χ0) is 22.7. The van der Waals surface area contributed by atoms with E-state index in [1.165, 1.54) is 17.7 Å². The molecule has 4 rings (SSSR count). The van der Waals surface area contributed by atoms with Gasteiger partial charge in [-0.15, -0.1) is 0 Å². The van der Waals surface area contributed by atoms with Gasteiger partial charge in [0.15, 0.2) is 5.82 Å². The molecule has 0 atom stereocenters. The smallest absolute Gasteiger partial charge is 0.257 e. The van der Waals surface area contributed by atoms with Gasteiger partial charge in [-0.3, -0.25) is 4.79 Å². The van der Waals surface area contributed by atoms with Crippen LogP contribution in [0, 0.1) is 19.7 Å². The topological polar surface area (TPSA) is 68.5 Å². The van der Waals surface area contributed by atoms with E-state index >= 15 is 0 Å². The van der Waals surface area contributed by atoms with Crippen LogP contribution in [0.1, 0.15) is 46.6 Å². The number of halogens is 1. The van der Waals surface area contributed by atoms with E-state index in [9.17, 15) is 9.18 Å². The largest absolute Gasteiger partial charge is 0.385 e. The number of carbonyl (C=O) groups is 1. The summed E-state index contributed by atoms with van der Waals surface area (Å²) in [6.45, 7) is 5.84. The zero-order valence-electron chi connectivity index (χ0n) is 18.7. The molecule has 0 spiro atoms. The number of ether oxygens (including phenoxy) is 1. The van der Waals surface area contributed by atoms with Gasteiger partial charge < -0.3 is 14.2 Å². The monoisotopic (exact) mass is 437 g/mol. The molecular weight excluding hydrogens is 409 g/mol. The summed E-state index contributed by atoms with van der Waals surface area (Å²) in [6.07, 6.45) is 2.17. The number of likely N-dealkylation sites (tertiary alicyclic amines) is 1. The molecule has 3 aromatic rings. The summed E-state index contributed by atoms with van der Waals surface area (Å²) in [5.74, 6) is 0.719. The van der Waals surface area contributed by atoms with Crippen LogP contribution in [0.15, 0.2) is 47.0 Å². The Bertz CT molecular complexity index is 1090. The highest BCUT2D eigenvalue weighted by molar-refractivity contribution is 5.94. The molecule has 32 heavy (non-hydrogen) atoms. The Kier molecular flexibility index (Phi) is 6.37. The molecule has 1 aromatic heterocycles.